The number of carbonyl (C=O) groups is 1. The van der Waals surface area contributed by atoms with Crippen LogP contribution in [0.1, 0.15) is 24.8 Å². The molecule has 9 heteroatoms. The van der Waals surface area contributed by atoms with Crippen molar-refractivity contribution in [2.24, 2.45) is 0 Å². The van der Waals surface area contributed by atoms with E-state index < -0.39 is 21.0 Å². The van der Waals surface area contributed by atoms with Gasteiger partial charge in [-0.3, -0.25) is 14.9 Å². The van der Waals surface area contributed by atoms with Gasteiger partial charge in [0, 0.05) is 32.3 Å². The van der Waals surface area contributed by atoms with Crippen LogP contribution in [-0.2, 0) is 21.2 Å². The molecular weight excluding hydrogens is 406 g/mol. The Kier molecular flexibility index (Phi) is 6.84. The molecule has 1 heterocycles. The predicted octanol–water partition coefficient (Wildman–Crippen LogP) is 2.84. The van der Waals surface area contributed by atoms with E-state index >= 15 is 0 Å². The number of nitrogens with zero attached hydrogens (tertiary/aromatic N) is 3. The fourth-order valence-corrected chi connectivity index (χ4v) is 4.97. The maximum absolute atomic E-state index is 13.2. The molecule has 1 amide bonds. The SMILES string of the molecule is CN(C(CCc1ccccc1)C(=O)N1CCCC1)S(=O)(=O)c1ccc([N+](=O)[O-])cc1. The summed E-state index contributed by atoms with van der Waals surface area (Å²) in [5.41, 5.74) is 0.836. The highest BCUT2D eigenvalue weighted by molar-refractivity contribution is 7.89. The Morgan fingerprint density at radius 3 is 2.27 bits per heavy atom. The molecule has 1 atom stereocenters. The number of hydrogen-bond acceptors (Lipinski definition) is 5. The van der Waals surface area contributed by atoms with E-state index in [1.165, 1.54) is 19.2 Å². The zero-order valence-electron chi connectivity index (χ0n) is 16.8. The van der Waals surface area contributed by atoms with Crippen LogP contribution in [0.5, 0.6) is 0 Å². The first-order chi connectivity index (χ1) is 14.3. The summed E-state index contributed by atoms with van der Waals surface area (Å²) in [5.74, 6) is -0.198. The lowest BCUT2D eigenvalue weighted by atomic mass is 10.0. The van der Waals surface area contributed by atoms with Crippen molar-refractivity contribution < 1.29 is 18.1 Å². The average molecular weight is 432 g/mol. The molecule has 0 bridgehead atoms. The van der Waals surface area contributed by atoms with E-state index in [1.807, 2.05) is 30.3 Å². The first-order valence-electron chi connectivity index (χ1n) is 9.86. The third kappa shape index (κ3) is 4.85. The van der Waals surface area contributed by atoms with E-state index in [9.17, 15) is 23.3 Å². The fourth-order valence-electron chi connectivity index (χ4n) is 3.63. The molecule has 1 fully saturated rings. The highest BCUT2D eigenvalue weighted by Gasteiger charge is 2.36. The molecule has 0 aromatic heterocycles. The van der Waals surface area contributed by atoms with Crippen LogP contribution in [0, 0.1) is 10.1 Å². The summed E-state index contributed by atoms with van der Waals surface area (Å²) in [7, 11) is -2.59. The predicted molar refractivity (Wildman–Crippen MR) is 112 cm³/mol. The van der Waals surface area contributed by atoms with Gasteiger partial charge in [0.25, 0.3) is 5.69 Å². The fraction of sp³-hybridized carbons (Fsp3) is 0.381. The van der Waals surface area contributed by atoms with Gasteiger partial charge in [0.2, 0.25) is 15.9 Å². The Morgan fingerprint density at radius 2 is 1.70 bits per heavy atom. The summed E-state index contributed by atoms with van der Waals surface area (Å²) in [6.07, 6.45) is 2.74. The van der Waals surface area contributed by atoms with Gasteiger partial charge in [-0.15, -0.1) is 0 Å². The molecular formula is C21H25N3O5S. The van der Waals surface area contributed by atoms with Gasteiger partial charge in [0.05, 0.1) is 9.82 Å². The smallest absolute Gasteiger partial charge is 0.269 e. The Hall–Kier alpha value is -2.78. The molecule has 160 valence electrons. The number of nitro benzene ring substituents is 1. The van der Waals surface area contributed by atoms with Gasteiger partial charge in [-0.05, 0) is 43.4 Å². The van der Waals surface area contributed by atoms with Crippen molar-refractivity contribution in [2.75, 3.05) is 20.1 Å². The van der Waals surface area contributed by atoms with Crippen molar-refractivity contribution in [1.82, 2.24) is 9.21 Å². The van der Waals surface area contributed by atoms with E-state index in [0.717, 1.165) is 34.8 Å². The van der Waals surface area contributed by atoms with Gasteiger partial charge in [0.15, 0.2) is 0 Å². The van der Waals surface area contributed by atoms with Crippen LogP contribution in [0.3, 0.4) is 0 Å². The van der Waals surface area contributed by atoms with Gasteiger partial charge in [-0.2, -0.15) is 4.31 Å². The monoisotopic (exact) mass is 431 g/mol. The van der Waals surface area contributed by atoms with Crippen molar-refractivity contribution in [3.05, 3.63) is 70.3 Å². The van der Waals surface area contributed by atoms with Gasteiger partial charge >= 0.3 is 0 Å². The molecule has 0 saturated carbocycles. The molecule has 0 radical (unpaired) electrons. The number of rotatable bonds is 8. The molecule has 8 nitrogen and oxygen atoms in total. The number of non-ortho nitro benzene ring substituents is 1. The topological polar surface area (TPSA) is 101 Å². The number of aryl methyl sites for hydroxylation is 1. The van der Waals surface area contributed by atoms with Gasteiger partial charge < -0.3 is 4.90 Å². The zero-order chi connectivity index (χ0) is 21.7. The number of benzene rings is 2. The Bertz CT molecular complexity index is 987. The number of likely N-dealkylation sites (N-methyl/N-ethyl adjacent to an activating group) is 1. The maximum Gasteiger partial charge on any atom is 0.269 e. The van der Waals surface area contributed by atoms with Crippen LogP contribution in [0.2, 0.25) is 0 Å². The van der Waals surface area contributed by atoms with Crippen LogP contribution in [0.15, 0.2) is 59.5 Å². The van der Waals surface area contributed by atoms with Crippen LogP contribution in [0.25, 0.3) is 0 Å². The normalized spacial score (nSPS) is 15.3. The first kappa shape index (κ1) is 21.9. The summed E-state index contributed by atoms with van der Waals surface area (Å²) in [4.78, 5) is 25.1. The number of carbonyl (C=O) groups excluding carboxylic acids is 1. The molecule has 1 unspecified atom stereocenters. The van der Waals surface area contributed by atoms with E-state index in [-0.39, 0.29) is 16.5 Å². The van der Waals surface area contributed by atoms with Gasteiger partial charge in [-0.25, -0.2) is 8.42 Å². The van der Waals surface area contributed by atoms with E-state index in [1.54, 1.807) is 4.90 Å². The standard InChI is InChI=1S/C21H25N3O5S/c1-22(30(28,29)19-12-10-18(11-13-19)24(26)27)20(21(25)23-15-5-6-16-23)14-9-17-7-3-2-4-8-17/h2-4,7-8,10-13,20H,5-6,9,14-16H2,1H3. The minimum atomic E-state index is -4.00. The summed E-state index contributed by atoms with van der Waals surface area (Å²) in [6, 6.07) is 13.5. The molecule has 1 saturated heterocycles. The Labute approximate surface area is 176 Å². The second-order valence-electron chi connectivity index (χ2n) is 7.34. The molecule has 0 spiro atoms. The number of likely N-dealkylation sites (tertiary alicyclic amines) is 1. The highest BCUT2D eigenvalue weighted by Crippen LogP contribution is 2.24. The molecule has 3 rings (SSSR count). The van der Waals surface area contributed by atoms with Crippen LogP contribution in [0.4, 0.5) is 5.69 Å². The second-order valence-corrected chi connectivity index (χ2v) is 9.34. The average Bonchev–Trinajstić information content (AvgIpc) is 3.29. The lowest BCUT2D eigenvalue weighted by molar-refractivity contribution is -0.384. The number of sulfonamides is 1. The zero-order valence-corrected chi connectivity index (χ0v) is 17.6. The lowest BCUT2D eigenvalue weighted by Crippen LogP contribution is -2.48. The minimum absolute atomic E-state index is 0.0745. The summed E-state index contributed by atoms with van der Waals surface area (Å²) in [5, 5.41) is 10.9. The maximum atomic E-state index is 13.2. The van der Waals surface area contributed by atoms with Gasteiger partial charge in [0.1, 0.15) is 6.04 Å². The van der Waals surface area contributed by atoms with Crippen LogP contribution >= 0.6 is 0 Å². The third-order valence-corrected chi connectivity index (χ3v) is 7.30. The van der Waals surface area contributed by atoms with Crippen molar-refractivity contribution in [2.45, 2.75) is 36.6 Å². The Balaban J connectivity index is 1.86. The molecule has 2 aromatic carbocycles. The van der Waals surface area contributed by atoms with Crippen molar-refractivity contribution >= 4 is 21.6 Å². The second kappa shape index (κ2) is 9.36. The van der Waals surface area contributed by atoms with Crippen LogP contribution in [-0.4, -0.2) is 54.6 Å². The molecule has 0 N–H and O–H groups in total. The van der Waals surface area contributed by atoms with E-state index in [4.69, 9.17) is 0 Å². The summed E-state index contributed by atoms with van der Waals surface area (Å²) >= 11 is 0. The summed E-state index contributed by atoms with van der Waals surface area (Å²) in [6.45, 7) is 1.26. The van der Waals surface area contributed by atoms with E-state index in [0.29, 0.717) is 25.9 Å². The number of amides is 1. The quantitative estimate of drug-likeness (QED) is 0.473. The molecule has 0 aliphatic carbocycles. The lowest BCUT2D eigenvalue weighted by Gasteiger charge is -2.30. The van der Waals surface area contributed by atoms with E-state index in [2.05, 4.69) is 0 Å². The van der Waals surface area contributed by atoms with Crippen molar-refractivity contribution in [1.29, 1.82) is 0 Å². The summed E-state index contributed by atoms with van der Waals surface area (Å²) < 4.78 is 27.5. The minimum Gasteiger partial charge on any atom is -0.341 e. The molecule has 1 aliphatic rings. The largest absolute Gasteiger partial charge is 0.341 e. The third-order valence-electron chi connectivity index (χ3n) is 5.42. The van der Waals surface area contributed by atoms with Gasteiger partial charge in [-0.1, -0.05) is 30.3 Å². The Morgan fingerprint density at radius 1 is 1.10 bits per heavy atom. The molecule has 2 aromatic rings. The highest BCUT2D eigenvalue weighted by atomic mass is 32.2. The van der Waals surface area contributed by atoms with Crippen molar-refractivity contribution in [3.63, 3.8) is 0 Å². The molecule has 1 aliphatic heterocycles. The number of nitro groups is 1. The first-order valence-corrected chi connectivity index (χ1v) is 11.3. The van der Waals surface area contributed by atoms with Crippen molar-refractivity contribution in [3.8, 4) is 0 Å². The van der Waals surface area contributed by atoms with Crippen LogP contribution < -0.4 is 0 Å². The number of hydrogen-bond donors (Lipinski definition) is 0. The molecule has 30 heavy (non-hydrogen) atoms.